The number of rotatable bonds is 3. The summed E-state index contributed by atoms with van der Waals surface area (Å²) in [4.78, 5) is 14.5. The third kappa shape index (κ3) is 2.74. The van der Waals surface area contributed by atoms with E-state index in [9.17, 15) is 4.79 Å². The molecule has 0 aliphatic rings. The molecule has 3 heteroatoms. The summed E-state index contributed by atoms with van der Waals surface area (Å²) in [7, 11) is 0. The minimum atomic E-state index is -0.304. The van der Waals surface area contributed by atoms with Crippen molar-refractivity contribution < 1.29 is 4.42 Å². The number of hydrogen-bond acceptors (Lipinski definition) is 3. The molecule has 0 bridgehead atoms. The highest BCUT2D eigenvalue weighted by atomic mass is 32.2. The predicted molar refractivity (Wildman–Crippen MR) is 98.5 cm³/mol. The molecule has 0 N–H and O–H groups in total. The first-order chi connectivity index (χ1) is 11.8. The monoisotopic (exact) mass is 330 g/mol. The van der Waals surface area contributed by atoms with E-state index in [1.807, 2.05) is 72.8 Å². The molecule has 0 spiro atoms. The average molecular weight is 330 g/mol. The zero-order valence-corrected chi connectivity index (χ0v) is 13.6. The SMILES string of the molecule is O=c1oc(-c2ccccc2)c(Sc2ccccc2)c2ccccc12. The Morgan fingerprint density at radius 2 is 1.25 bits per heavy atom. The van der Waals surface area contributed by atoms with E-state index in [0.717, 1.165) is 20.7 Å². The van der Waals surface area contributed by atoms with Crippen LogP contribution in [0.4, 0.5) is 0 Å². The second-order valence-electron chi connectivity index (χ2n) is 5.37. The van der Waals surface area contributed by atoms with E-state index in [1.165, 1.54) is 0 Å². The van der Waals surface area contributed by atoms with Crippen LogP contribution in [-0.2, 0) is 0 Å². The Morgan fingerprint density at radius 3 is 1.96 bits per heavy atom. The lowest BCUT2D eigenvalue weighted by atomic mass is 10.1. The predicted octanol–water partition coefficient (Wildman–Crippen LogP) is 5.61. The van der Waals surface area contributed by atoms with Crippen molar-refractivity contribution in [2.75, 3.05) is 0 Å². The molecule has 1 aromatic heterocycles. The highest BCUT2D eigenvalue weighted by Gasteiger charge is 2.16. The maximum Gasteiger partial charge on any atom is 0.344 e. The molecule has 0 radical (unpaired) electrons. The Bertz CT molecular complexity index is 1040. The average Bonchev–Trinajstić information content (AvgIpc) is 2.65. The summed E-state index contributed by atoms with van der Waals surface area (Å²) in [6.07, 6.45) is 0. The fraction of sp³-hybridized carbons (Fsp3) is 0. The lowest BCUT2D eigenvalue weighted by molar-refractivity contribution is 0.525. The first-order valence-corrected chi connectivity index (χ1v) is 8.49. The maximum absolute atomic E-state index is 12.4. The van der Waals surface area contributed by atoms with Crippen molar-refractivity contribution in [1.82, 2.24) is 0 Å². The van der Waals surface area contributed by atoms with Gasteiger partial charge in [-0.1, -0.05) is 78.5 Å². The van der Waals surface area contributed by atoms with E-state index in [2.05, 4.69) is 12.1 Å². The molecule has 0 aliphatic carbocycles. The van der Waals surface area contributed by atoms with Gasteiger partial charge in [-0.05, 0) is 18.2 Å². The third-order valence-corrected chi connectivity index (χ3v) is 4.91. The van der Waals surface area contributed by atoms with Crippen LogP contribution >= 0.6 is 11.8 Å². The molecule has 0 unspecified atom stereocenters. The molecule has 2 nitrogen and oxygen atoms in total. The van der Waals surface area contributed by atoms with Gasteiger partial charge < -0.3 is 4.42 Å². The zero-order valence-electron chi connectivity index (χ0n) is 12.8. The molecule has 24 heavy (non-hydrogen) atoms. The van der Waals surface area contributed by atoms with Crippen molar-refractivity contribution in [3.63, 3.8) is 0 Å². The summed E-state index contributed by atoms with van der Waals surface area (Å²) < 4.78 is 5.70. The molecule has 3 aromatic carbocycles. The van der Waals surface area contributed by atoms with Crippen molar-refractivity contribution in [3.05, 3.63) is 95.3 Å². The molecule has 0 amide bonds. The van der Waals surface area contributed by atoms with Crippen LogP contribution in [0.5, 0.6) is 0 Å². The zero-order chi connectivity index (χ0) is 16.4. The van der Waals surface area contributed by atoms with Crippen molar-refractivity contribution in [2.45, 2.75) is 9.79 Å². The van der Waals surface area contributed by atoms with Gasteiger partial charge in [0.05, 0.1) is 10.3 Å². The molecule has 0 saturated carbocycles. The van der Waals surface area contributed by atoms with Crippen LogP contribution in [0.3, 0.4) is 0 Å². The van der Waals surface area contributed by atoms with Gasteiger partial charge in [-0.15, -0.1) is 0 Å². The standard InChI is InChI=1S/C21H14O2S/c22-21-18-14-8-7-13-17(18)20(24-16-11-5-2-6-12-16)19(23-21)15-9-3-1-4-10-15/h1-14H. The highest BCUT2D eigenvalue weighted by Crippen LogP contribution is 2.39. The molecule has 0 atom stereocenters. The van der Waals surface area contributed by atoms with Gasteiger partial charge in [-0.3, -0.25) is 0 Å². The van der Waals surface area contributed by atoms with Gasteiger partial charge in [-0.2, -0.15) is 0 Å². The summed E-state index contributed by atoms with van der Waals surface area (Å²) in [5.41, 5.74) is 0.598. The third-order valence-electron chi connectivity index (χ3n) is 3.79. The summed E-state index contributed by atoms with van der Waals surface area (Å²) in [6, 6.07) is 27.5. The Hall–Kier alpha value is -2.78. The maximum atomic E-state index is 12.4. The van der Waals surface area contributed by atoms with Crippen LogP contribution in [0, 0.1) is 0 Å². The van der Waals surface area contributed by atoms with E-state index in [4.69, 9.17) is 4.42 Å². The fourth-order valence-corrected chi connectivity index (χ4v) is 3.73. The van der Waals surface area contributed by atoms with Crippen LogP contribution in [0.2, 0.25) is 0 Å². The Labute approximate surface area is 143 Å². The molecule has 4 rings (SSSR count). The Balaban J connectivity index is 2.00. The van der Waals surface area contributed by atoms with Gasteiger partial charge >= 0.3 is 5.63 Å². The molecule has 0 saturated heterocycles. The lowest BCUT2D eigenvalue weighted by Crippen LogP contribution is -2.02. The number of fused-ring (bicyclic) bond motifs is 1. The van der Waals surface area contributed by atoms with Crippen LogP contribution in [0.15, 0.2) is 104 Å². The Kier molecular flexibility index (Phi) is 3.93. The Morgan fingerprint density at radius 1 is 0.667 bits per heavy atom. The molecule has 1 heterocycles. The summed E-state index contributed by atoms with van der Waals surface area (Å²) in [5, 5.41) is 1.53. The van der Waals surface area contributed by atoms with E-state index < -0.39 is 0 Å². The summed E-state index contributed by atoms with van der Waals surface area (Å²) in [5.74, 6) is 0.619. The molecule has 0 aliphatic heterocycles. The van der Waals surface area contributed by atoms with Gasteiger partial charge in [0, 0.05) is 15.8 Å². The second kappa shape index (κ2) is 6.38. The van der Waals surface area contributed by atoms with Gasteiger partial charge in [0.15, 0.2) is 5.76 Å². The molecule has 116 valence electrons. The normalized spacial score (nSPS) is 10.8. The van der Waals surface area contributed by atoms with Crippen LogP contribution in [0.25, 0.3) is 22.1 Å². The van der Waals surface area contributed by atoms with Crippen LogP contribution in [-0.4, -0.2) is 0 Å². The lowest BCUT2D eigenvalue weighted by Gasteiger charge is -2.11. The van der Waals surface area contributed by atoms with E-state index in [0.29, 0.717) is 11.1 Å². The fourth-order valence-electron chi connectivity index (χ4n) is 2.66. The van der Waals surface area contributed by atoms with Crippen molar-refractivity contribution in [2.24, 2.45) is 0 Å². The topological polar surface area (TPSA) is 30.2 Å². The minimum absolute atomic E-state index is 0.304. The van der Waals surface area contributed by atoms with Gasteiger partial charge in [0.25, 0.3) is 0 Å². The van der Waals surface area contributed by atoms with E-state index in [-0.39, 0.29) is 5.63 Å². The van der Waals surface area contributed by atoms with Crippen LogP contribution < -0.4 is 5.63 Å². The molecule has 4 aromatic rings. The highest BCUT2D eigenvalue weighted by molar-refractivity contribution is 7.99. The van der Waals surface area contributed by atoms with Gasteiger partial charge in [0.2, 0.25) is 0 Å². The summed E-state index contributed by atoms with van der Waals surface area (Å²) >= 11 is 1.61. The van der Waals surface area contributed by atoms with E-state index >= 15 is 0 Å². The van der Waals surface area contributed by atoms with Crippen molar-refractivity contribution in [3.8, 4) is 11.3 Å². The quantitative estimate of drug-likeness (QED) is 0.489. The van der Waals surface area contributed by atoms with Crippen molar-refractivity contribution >= 4 is 22.5 Å². The van der Waals surface area contributed by atoms with E-state index in [1.54, 1.807) is 11.8 Å². The minimum Gasteiger partial charge on any atom is -0.421 e. The van der Waals surface area contributed by atoms with Crippen LogP contribution in [0.1, 0.15) is 0 Å². The van der Waals surface area contributed by atoms with Crippen molar-refractivity contribution in [1.29, 1.82) is 0 Å². The molecular formula is C21H14O2S. The molecule has 0 fully saturated rings. The smallest absolute Gasteiger partial charge is 0.344 e. The first-order valence-electron chi connectivity index (χ1n) is 7.67. The molecular weight excluding hydrogens is 316 g/mol. The number of hydrogen-bond donors (Lipinski definition) is 0. The largest absolute Gasteiger partial charge is 0.421 e. The van der Waals surface area contributed by atoms with Gasteiger partial charge in [0.1, 0.15) is 0 Å². The number of benzene rings is 3. The second-order valence-corrected chi connectivity index (χ2v) is 6.46. The first kappa shape index (κ1) is 14.8. The summed E-state index contributed by atoms with van der Waals surface area (Å²) in [6.45, 7) is 0. The van der Waals surface area contributed by atoms with Gasteiger partial charge in [-0.25, -0.2) is 4.79 Å².